The molecular weight excluding hydrogens is 268 g/mol. The minimum Gasteiger partial charge on any atom is -0.397 e. The van der Waals surface area contributed by atoms with Crippen molar-refractivity contribution in [2.45, 2.75) is 26.3 Å². The summed E-state index contributed by atoms with van der Waals surface area (Å²) in [5.74, 6) is 0.834. The number of nitrogens with zero attached hydrogens (tertiary/aromatic N) is 2. The van der Waals surface area contributed by atoms with E-state index in [4.69, 9.17) is 10.3 Å². The molecule has 2 aromatic rings. The van der Waals surface area contributed by atoms with Gasteiger partial charge in [0.2, 0.25) is 5.91 Å². The number of fused-ring (bicyclic) bond motifs is 1. The van der Waals surface area contributed by atoms with Gasteiger partial charge in [-0.05, 0) is 31.0 Å². The lowest BCUT2D eigenvalue weighted by Gasteiger charge is -2.24. The Hall–Kier alpha value is -2.50. The highest BCUT2D eigenvalue weighted by molar-refractivity contribution is 5.95. The standard InChI is InChI=1S/C15H18N4O2/c1-9-5-11(18-21-9)8-19(2)14-6-10-3-4-15(20)17-13(10)7-12(14)16/h5-7H,3-4,8,16H2,1-2H3,(H,17,20). The maximum Gasteiger partial charge on any atom is 0.224 e. The smallest absolute Gasteiger partial charge is 0.224 e. The lowest BCUT2D eigenvalue weighted by atomic mass is 10.0. The van der Waals surface area contributed by atoms with Gasteiger partial charge in [0.25, 0.3) is 0 Å². The van der Waals surface area contributed by atoms with Crippen molar-refractivity contribution in [3.05, 3.63) is 35.2 Å². The lowest BCUT2D eigenvalue weighted by Crippen LogP contribution is -2.22. The van der Waals surface area contributed by atoms with Crippen molar-refractivity contribution in [3.63, 3.8) is 0 Å². The topological polar surface area (TPSA) is 84.4 Å². The van der Waals surface area contributed by atoms with Crippen molar-refractivity contribution >= 4 is 23.0 Å². The average Bonchev–Trinajstić information content (AvgIpc) is 2.83. The van der Waals surface area contributed by atoms with Gasteiger partial charge in [-0.2, -0.15) is 0 Å². The second kappa shape index (κ2) is 5.12. The number of amides is 1. The zero-order chi connectivity index (χ0) is 15.0. The Morgan fingerprint density at radius 2 is 2.19 bits per heavy atom. The fourth-order valence-electron chi connectivity index (χ4n) is 2.58. The van der Waals surface area contributed by atoms with Crippen LogP contribution in [0.2, 0.25) is 0 Å². The molecule has 0 unspecified atom stereocenters. The fraction of sp³-hybridized carbons (Fsp3) is 0.333. The lowest BCUT2D eigenvalue weighted by molar-refractivity contribution is -0.116. The van der Waals surface area contributed by atoms with E-state index in [1.165, 1.54) is 0 Å². The summed E-state index contributed by atoms with van der Waals surface area (Å²) in [4.78, 5) is 13.4. The molecule has 1 aromatic carbocycles. The molecule has 0 saturated carbocycles. The van der Waals surface area contributed by atoms with E-state index in [0.717, 1.165) is 34.8 Å². The maximum atomic E-state index is 11.4. The van der Waals surface area contributed by atoms with Crippen LogP contribution in [0.25, 0.3) is 0 Å². The second-order valence-corrected chi connectivity index (χ2v) is 5.40. The summed E-state index contributed by atoms with van der Waals surface area (Å²) in [5.41, 5.74) is 10.5. The van der Waals surface area contributed by atoms with E-state index in [9.17, 15) is 4.79 Å². The van der Waals surface area contributed by atoms with E-state index in [0.29, 0.717) is 18.7 Å². The first-order valence-electron chi connectivity index (χ1n) is 6.88. The number of hydrogen-bond donors (Lipinski definition) is 2. The molecule has 0 bridgehead atoms. The summed E-state index contributed by atoms with van der Waals surface area (Å²) in [7, 11) is 1.96. The molecule has 110 valence electrons. The first-order chi connectivity index (χ1) is 10.0. The summed E-state index contributed by atoms with van der Waals surface area (Å²) in [6, 6.07) is 5.77. The number of nitrogen functional groups attached to an aromatic ring is 1. The number of hydrogen-bond acceptors (Lipinski definition) is 5. The number of carbonyl (C=O) groups is 1. The monoisotopic (exact) mass is 286 g/mol. The molecule has 1 aliphatic heterocycles. The summed E-state index contributed by atoms with van der Waals surface area (Å²) in [5, 5.41) is 6.85. The molecule has 0 saturated heterocycles. The molecule has 3 N–H and O–H groups in total. The number of anilines is 3. The summed E-state index contributed by atoms with van der Waals surface area (Å²) in [6.07, 6.45) is 1.26. The van der Waals surface area contributed by atoms with Crippen LogP contribution in [0.15, 0.2) is 22.7 Å². The van der Waals surface area contributed by atoms with Crippen LogP contribution in [-0.4, -0.2) is 18.1 Å². The number of aromatic nitrogens is 1. The predicted molar refractivity (Wildman–Crippen MR) is 81.2 cm³/mol. The van der Waals surface area contributed by atoms with E-state index >= 15 is 0 Å². The van der Waals surface area contributed by atoms with E-state index in [1.54, 1.807) is 0 Å². The van der Waals surface area contributed by atoms with Crippen LogP contribution in [0.1, 0.15) is 23.4 Å². The fourth-order valence-corrected chi connectivity index (χ4v) is 2.58. The van der Waals surface area contributed by atoms with Crippen LogP contribution in [0.4, 0.5) is 17.1 Å². The molecule has 3 rings (SSSR count). The summed E-state index contributed by atoms with van der Waals surface area (Å²) in [6.45, 7) is 2.49. The van der Waals surface area contributed by atoms with Gasteiger partial charge < -0.3 is 20.5 Å². The molecule has 0 spiro atoms. The predicted octanol–water partition coefficient (Wildman–Crippen LogP) is 2.09. The van der Waals surface area contributed by atoms with Crippen molar-refractivity contribution in [2.75, 3.05) is 23.0 Å². The molecule has 2 heterocycles. The Labute approximate surface area is 122 Å². The molecule has 6 nitrogen and oxygen atoms in total. The normalized spacial score (nSPS) is 13.7. The van der Waals surface area contributed by atoms with Crippen LogP contribution >= 0.6 is 0 Å². The Kier molecular flexibility index (Phi) is 3.29. The third kappa shape index (κ3) is 2.69. The minimum atomic E-state index is 0.0427. The molecule has 1 amide bonds. The van der Waals surface area contributed by atoms with Gasteiger partial charge in [-0.1, -0.05) is 5.16 Å². The van der Waals surface area contributed by atoms with Crippen LogP contribution in [0, 0.1) is 6.92 Å². The zero-order valence-electron chi connectivity index (χ0n) is 12.1. The summed E-state index contributed by atoms with van der Waals surface area (Å²) >= 11 is 0. The Balaban J connectivity index is 1.86. The molecular formula is C15H18N4O2. The van der Waals surface area contributed by atoms with Crippen molar-refractivity contribution in [1.82, 2.24) is 5.16 Å². The van der Waals surface area contributed by atoms with Gasteiger partial charge in [0.05, 0.1) is 17.9 Å². The van der Waals surface area contributed by atoms with E-state index in [1.807, 2.05) is 37.1 Å². The molecule has 0 fully saturated rings. The molecule has 21 heavy (non-hydrogen) atoms. The first-order valence-corrected chi connectivity index (χ1v) is 6.88. The highest BCUT2D eigenvalue weighted by atomic mass is 16.5. The molecule has 0 atom stereocenters. The van der Waals surface area contributed by atoms with E-state index in [-0.39, 0.29) is 5.91 Å². The van der Waals surface area contributed by atoms with Crippen molar-refractivity contribution in [3.8, 4) is 0 Å². The first kappa shape index (κ1) is 13.5. The van der Waals surface area contributed by atoms with Crippen molar-refractivity contribution < 1.29 is 9.32 Å². The minimum absolute atomic E-state index is 0.0427. The highest BCUT2D eigenvalue weighted by Crippen LogP contribution is 2.33. The molecule has 6 heteroatoms. The van der Waals surface area contributed by atoms with Gasteiger partial charge in [-0.25, -0.2) is 0 Å². The average molecular weight is 286 g/mol. The Bertz CT molecular complexity index is 693. The number of nitrogens with two attached hydrogens (primary N) is 1. The number of carbonyl (C=O) groups excluding carboxylic acids is 1. The summed E-state index contributed by atoms with van der Waals surface area (Å²) < 4.78 is 5.08. The SMILES string of the molecule is Cc1cc(CN(C)c2cc3c(cc2N)NC(=O)CC3)no1. The van der Waals surface area contributed by atoms with Crippen LogP contribution < -0.4 is 16.0 Å². The maximum absolute atomic E-state index is 11.4. The van der Waals surface area contributed by atoms with Crippen molar-refractivity contribution in [2.24, 2.45) is 0 Å². The highest BCUT2D eigenvalue weighted by Gasteiger charge is 2.18. The van der Waals surface area contributed by atoms with Gasteiger partial charge in [0, 0.05) is 25.2 Å². The van der Waals surface area contributed by atoms with E-state index in [2.05, 4.69) is 10.5 Å². The van der Waals surface area contributed by atoms with Crippen molar-refractivity contribution in [1.29, 1.82) is 0 Å². The third-order valence-electron chi connectivity index (χ3n) is 3.64. The molecule has 1 aromatic heterocycles. The van der Waals surface area contributed by atoms with Gasteiger partial charge in [-0.15, -0.1) is 0 Å². The molecule has 1 aliphatic rings. The number of nitrogens with one attached hydrogen (secondary N) is 1. The van der Waals surface area contributed by atoms with Gasteiger partial charge >= 0.3 is 0 Å². The van der Waals surface area contributed by atoms with Crippen LogP contribution in [0.5, 0.6) is 0 Å². The number of rotatable bonds is 3. The van der Waals surface area contributed by atoms with Gasteiger partial charge in [-0.3, -0.25) is 4.79 Å². The quantitative estimate of drug-likeness (QED) is 0.844. The molecule has 0 aliphatic carbocycles. The zero-order valence-corrected chi connectivity index (χ0v) is 12.1. The van der Waals surface area contributed by atoms with E-state index < -0.39 is 0 Å². The molecule has 0 radical (unpaired) electrons. The van der Waals surface area contributed by atoms with Crippen LogP contribution in [-0.2, 0) is 17.8 Å². The Morgan fingerprint density at radius 3 is 2.90 bits per heavy atom. The largest absolute Gasteiger partial charge is 0.397 e. The number of aryl methyl sites for hydroxylation is 2. The second-order valence-electron chi connectivity index (χ2n) is 5.40. The number of benzene rings is 1. The van der Waals surface area contributed by atoms with Crippen LogP contribution in [0.3, 0.4) is 0 Å². The third-order valence-corrected chi connectivity index (χ3v) is 3.64. The van der Waals surface area contributed by atoms with Gasteiger partial charge in [0.1, 0.15) is 11.5 Å². The van der Waals surface area contributed by atoms with Gasteiger partial charge in [0.15, 0.2) is 0 Å². The Morgan fingerprint density at radius 1 is 1.38 bits per heavy atom.